The van der Waals surface area contributed by atoms with E-state index in [-0.39, 0.29) is 0 Å². The fourth-order valence-electron chi connectivity index (χ4n) is 3.67. The average molecular weight is 417 g/mol. The first-order valence-corrected chi connectivity index (χ1v) is 9.28. The predicted octanol–water partition coefficient (Wildman–Crippen LogP) is 3.43. The highest BCUT2D eigenvalue weighted by Gasteiger charge is 2.52. The van der Waals surface area contributed by atoms with Crippen molar-refractivity contribution in [2.45, 2.75) is 36.9 Å². The number of hydrogen-bond donors (Lipinski definition) is 3. The average Bonchev–Trinajstić information content (AvgIpc) is 3.44. The molecule has 4 rings (SSSR count). The van der Waals surface area contributed by atoms with E-state index in [4.69, 9.17) is 0 Å². The maximum Gasteiger partial charge on any atom is 0.416 e. The summed E-state index contributed by atoms with van der Waals surface area (Å²) in [6, 6.07) is 10.6. The topological polar surface area (TPSA) is 87.3 Å². The molecule has 30 heavy (non-hydrogen) atoms. The van der Waals surface area contributed by atoms with E-state index < -0.39 is 40.5 Å². The fraction of sp³-hybridized carbons (Fsp3) is 0.286. The lowest BCUT2D eigenvalue weighted by Crippen LogP contribution is -2.40. The molecule has 2 aromatic rings. The van der Waals surface area contributed by atoms with Crippen LogP contribution in [0.15, 0.2) is 48.5 Å². The molecular weight excluding hydrogens is 399 g/mol. The number of alkyl halides is 3. The molecule has 0 spiro atoms. The van der Waals surface area contributed by atoms with Crippen molar-refractivity contribution in [1.29, 1.82) is 0 Å². The number of hydrogen-bond acceptors (Lipinski definition) is 3. The van der Waals surface area contributed by atoms with Gasteiger partial charge < -0.3 is 10.6 Å². The minimum atomic E-state index is -4.49. The number of carbonyl (C=O) groups excluding carboxylic acids is 3. The van der Waals surface area contributed by atoms with Crippen LogP contribution in [0, 0.1) is 0 Å². The van der Waals surface area contributed by atoms with E-state index in [9.17, 15) is 27.6 Å². The normalized spacial score (nSPS) is 22.3. The summed E-state index contributed by atoms with van der Waals surface area (Å²) < 4.78 is 39.1. The standard InChI is InChI=1S/C21H18F3N3O3/c1-19(16(28)26-18(30)27-19)12-4-3-7-15(11-12)25-17(29)20(8-9-20)13-5-2-6-14(10-13)21(22,23)24/h2-7,10-11H,8-9H2,1H3,(H,25,29)(H2,26,27,28,30). The summed E-state index contributed by atoms with van der Waals surface area (Å²) in [5.41, 5.74) is -1.92. The Kier molecular flexibility index (Phi) is 4.37. The van der Waals surface area contributed by atoms with E-state index in [0.29, 0.717) is 29.7 Å². The lowest BCUT2D eigenvalue weighted by atomic mass is 9.91. The summed E-state index contributed by atoms with van der Waals surface area (Å²) in [7, 11) is 0. The van der Waals surface area contributed by atoms with Crippen molar-refractivity contribution in [3.05, 3.63) is 65.2 Å². The van der Waals surface area contributed by atoms with Crippen LogP contribution in [-0.2, 0) is 26.7 Å². The van der Waals surface area contributed by atoms with Gasteiger partial charge in [-0.25, -0.2) is 4.79 Å². The second-order valence-corrected chi connectivity index (χ2v) is 7.73. The van der Waals surface area contributed by atoms with Crippen LogP contribution < -0.4 is 16.0 Å². The highest BCUT2D eigenvalue weighted by Crippen LogP contribution is 2.50. The number of rotatable bonds is 4. The van der Waals surface area contributed by atoms with E-state index in [1.807, 2.05) is 0 Å². The zero-order valence-electron chi connectivity index (χ0n) is 15.9. The molecule has 0 radical (unpaired) electrons. The van der Waals surface area contributed by atoms with Crippen molar-refractivity contribution >= 4 is 23.5 Å². The Balaban J connectivity index is 1.58. The Hall–Kier alpha value is -3.36. The van der Waals surface area contributed by atoms with Gasteiger partial charge in [-0.2, -0.15) is 13.2 Å². The molecule has 1 saturated carbocycles. The maximum absolute atomic E-state index is 13.0. The van der Waals surface area contributed by atoms with Crippen LogP contribution in [0.2, 0.25) is 0 Å². The van der Waals surface area contributed by atoms with Crippen LogP contribution in [0.3, 0.4) is 0 Å². The molecule has 0 bridgehead atoms. The number of benzene rings is 2. The van der Waals surface area contributed by atoms with Gasteiger partial charge in [0.05, 0.1) is 11.0 Å². The van der Waals surface area contributed by atoms with Crippen LogP contribution in [0.1, 0.15) is 36.5 Å². The molecule has 1 unspecified atom stereocenters. The van der Waals surface area contributed by atoms with Gasteiger partial charge in [-0.1, -0.05) is 30.3 Å². The zero-order valence-corrected chi connectivity index (χ0v) is 15.9. The molecule has 0 aromatic heterocycles. The molecule has 4 amide bonds. The first kappa shape index (κ1) is 19.9. The zero-order chi connectivity index (χ0) is 21.7. The summed E-state index contributed by atoms with van der Waals surface area (Å²) >= 11 is 0. The Bertz CT molecular complexity index is 1060. The van der Waals surface area contributed by atoms with Gasteiger partial charge in [0.1, 0.15) is 5.54 Å². The number of imide groups is 1. The van der Waals surface area contributed by atoms with E-state index >= 15 is 0 Å². The van der Waals surface area contributed by atoms with Gasteiger partial charge in [-0.15, -0.1) is 0 Å². The molecule has 2 aromatic carbocycles. The van der Waals surface area contributed by atoms with E-state index in [1.54, 1.807) is 31.2 Å². The molecule has 2 aliphatic rings. The molecular formula is C21H18F3N3O3. The van der Waals surface area contributed by atoms with E-state index in [0.717, 1.165) is 12.1 Å². The number of anilines is 1. The number of halogens is 3. The Labute approximate surface area is 169 Å². The second-order valence-electron chi connectivity index (χ2n) is 7.73. The highest BCUT2D eigenvalue weighted by molar-refractivity contribution is 6.07. The van der Waals surface area contributed by atoms with Gasteiger partial charge in [-0.3, -0.25) is 14.9 Å². The molecule has 2 fully saturated rings. The molecule has 156 valence electrons. The largest absolute Gasteiger partial charge is 0.416 e. The van der Waals surface area contributed by atoms with Crippen molar-refractivity contribution < 1.29 is 27.6 Å². The van der Waals surface area contributed by atoms with Crippen LogP contribution in [0.4, 0.5) is 23.7 Å². The lowest BCUT2D eigenvalue weighted by Gasteiger charge is -2.22. The number of carbonyl (C=O) groups is 3. The molecule has 3 N–H and O–H groups in total. The highest BCUT2D eigenvalue weighted by atomic mass is 19.4. The summed E-state index contributed by atoms with van der Waals surface area (Å²) in [4.78, 5) is 36.6. The monoisotopic (exact) mass is 417 g/mol. The third kappa shape index (κ3) is 3.30. The molecule has 1 saturated heterocycles. The summed E-state index contributed by atoms with van der Waals surface area (Å²) in [5, 5.41) is 7.46. The molecule has 1 aliphatic carbocycles. The van der Waals surface area contributed by atoms with E-state index in [1.165, 1.54) is 12.1 Å². The smallest absolute Gasteiger partial charge is 0.325 e. The van der Waals surface area contributed by atoms with Gasteiger partial charge in [-0.05, 0) is 49.1 Å². The van der Waals surface area contributed by atoms with Gasteiger partial charge in [0, 0.05) is 5.69 Å². The molecule has 6 nitrogen and oxygen atoms in total. The number of urea groups is 1. The first-order chi connectivity index (χ1) is 14.0. The lowest BCUT2D eigenvalue weighted by molar-refractivity contribution is -0.137. The van der Waals surface area contributed by atoms with Gasteiger partial charge in [0.15, 0.2) is 0 Å². The van der Waals surface area contributed by atoms with Crippen molar-refractivity contribution in [2.75, 3.05) is 5.32 Å². The Morgan fingerprint density at radius 2 is 1.70 bits per heavy atom. The van der Waals surface area contributed by atoms with Gasteiger partial charge in [0.2, 0.25) is 5.91 Å². The third-order valence-corrected chi connectivity index (χ3v) is 5.67. The number of nitrogens with one attached hydrogen (secondary N) is 3. The van der Waals surface area contributed by atoms with Crippen LogP contribution >= 0.6 is 0 Å². The minimum Gasteiger partial charge on any atom is -0.325 e. The molecule has 1 heterocycles. The van der Waals surface area contributed by atoms with Gasteiger partial charge in [0.25, 0.3) is 5.91 Å². The third-order valence-electron chi connectivity index (χ3n) is 5.67. The first-order valence-electron chi connectivity index (χ1n) is 9.28. The van der Waals surface area contributed by atoms with Crippen molar-refractivity contribution in [2.24, 2.45) is 0 Å². The van der Waals surface area contributed by atoms with Gasteiger partial charge >= 0.3 is 12.2 Å². The number of amides is 4. The summed E-state index contributed by atoms with van der Waals surface area (Å²) in [5.74, 6) is -0.928. The predicted molar refractivity (Wildman–Crippen MR) is 101 cm³/mol. The van der Waals surface area contributed by atoms with Crippen molar-refractivity contribution in [3.63, 3.8) is 0 Å². The van der Waals surface area contributed by atoms with Crippen LogP contribution in [0.5, 0.6) is 0 Å². The second kappa shape index (κ2) is 6.58. The van der Waals surface area contributed by atoms with Crippen molar-refractivity contribution in [1.82, 2.24) is 10.6 Å². The van der Waals surface area contributed by atoms with Crippen molar-refractivity contribution in [3.8, 4) is 0 Å². The maximum atomic E-state index is 13.0. The SMILES string of the molecule is CC1(c2cccc(NC(=O)C3(c4cccc(C(F)(F)F)c4)CC3)c2)NC(=O)NC1=O. The molecule has 1 aliphatic heterocycles. The Morgan fingerprint density at radius 1 is 1.03 bits per heavy atom. The fourth-order valence-corrected chi connectivity index (χ4v) is 3.67. The minimum absolute atomic E-state index is 0.320. The van der Waals surface area contributed by atoms with E-state index in [2.05, 4.69) is 16.0 Å². The quantitative estimate of drug-likeness (QED) is 0.666. The molecule has 9 heteroatoms. The van der Waals surface area contributed by atoms with Crippen LogP contribution in [0.25, 0.3) is 0 Å². The Morgan fingerprint density at radius 3 is 2.30 bits per heavy atom. The summed E-state index contributed by atoms with van der Waals surface area (Å²) in [6.07, 6.45) is -3.61. The van der Waals surface area contributed by atoms with Crippen LogP contribution in [-0.4, -0.2) is 17.8 Å². The molecule has 1 atom stereocenters. The summed E-state index contributed by atoms with van der Waals surface area (Å²) in [6.45, 7) is 1.54.